The van der Waals surface area contributed by atoms with E-state index in [0.29, 0.717) is 11.4 Å². The molecule has 1 aliphatic rings. The Kier molecular flexibility index (Phi) is 7.92. The first-order chi connectivity index (χ1) is 14.9. The fourth-order valence-electron chi connectivity index (χ4n) is 3.19. The van der Waals surface area contributed by atoms with Crippen molar-refractivity contribution in [2.75, 3.05) is 20.2 Å². The normalized spacial score (nSPS) is 14.4. The van der Waals surface area contributed by atoms with Crippen molar-refractivity contribution in [3.05, 3.63) is 59.2 Å². The standard InChI is InChI=1S/C23H32N4O3S/c1-4-24-23(25-14-13-19-15-17(2)5-12-22(19)30-3)26-16-18-6-10-21(11-7-18)31(28,29)27-20-8-9-20/h5-7,10-12,15,20,27H,4,8-9,13-14,16H2,1-3H3,(H2,24,25,26). The summed E-state index contributed by atoms with van der Waals surface area (Å²) >= 11 is 0. The summed E-state index contributed by atoms with van der Waals surface area (Å²) in [6.07, 6.45) is 2.65. The van der Waals surface area contributed by atoms with Gasteiger partial charge in [-0.15, -0.1) is 0 Å². The first-order valence-electron chi connectivity index (χ1n) is 10.7. The Morgan fingerprint density at radius 1 is 1.13 bits per heavy atom. The fraction of sp³-hybridized carbons (Fsp3) is 0.435. The zero-order valence-electron chi connectivity index (χ0n) is 18.4. The molecule has 0 atom stereocenters. The molecule has 2 aromatic rings. The molecule has 3 N–H and O–H groups in total. The molecule has 0 saturated heterocycles. The van der Waals surface area contributed by atoms with Crippen LogP contribution in [0.15, 0.2) is 52.4 Å². The predicted molar refractivity (Wildman–Crippen MR) is 124 cm³/mol. The van der Waals surface area contributed by atoms with Gasteiger partial charge in [-0.2, -0.15) is 0 Å². The number of hydrogen-bond donors (Lipinski definition) is 3. The van der Waals surface area contributed by atoms with Gasteiger partial charge in [-0.05, 0) is 62.4 Å². The van der Waals surface area contributed by atoms with Crippen LogP contribution in [0.1, 0.15) is 36.5 Å². The van der Waals surface area contributed by atoms with Gasteiger partial charge in [0.1, 0.15) is 5.75 Å². The molecule has 1 aliphatic carbocycles. The summed E-state index contributed by atoms with van der Waals surface area (Å²) in [6, 6.07) is 13.2. The van der Waals surface area contributed by atoms with Gasteiger partial charge < -0.3 is 15.4 Å². The molecule has 1 fully saturated rings. The lowest BCUT2D eigenvalue weighted by molar-refractivity contribution is 0.409. The van der Waals surface area contributed by atoms with Crippen molar-refractivity contribution in [2.24, 2.45) is 4.99 Å². The van der Waals surface area contributed by atoms with Crippen molar-refractivity contribution < 1.29 is 13.2 Å². The molecular formula is C23H32N4O3S. The number of aliphatic imine (C=N–C) groups is 1. The first kappa shape index (κ1) is 23.1. The number of nitrogens with zero attached hydrogens (tertiary/aromatic N) is 1. The molecule has 0 spiro atoms. The van der Waals surface area contributed by atoms with Crippen molar-refractivity contribution >= 4 is 16.0 Å². The van der Waals surface area contributed by atoms with Crippen LogP contribution in [0.3, 0.4) is 0 Å². The van der Waals surface area contributed by atoms with Crippen LogP contribution in [0.5, 0.6) is 5.75 Å². The molecule has 0 amide bonds. The Morgan fingerprint density at radius 3 is 2.52 bits per heavy atom. The summed E-state index contributed by atoms with van der Waals surface area (Å²) in [5.41, 5.74) is 3.31. The minimum absolute atomic E-state index is 0.0998. The number of benzene rings is 2. The minimum Gasteiger partial charge on any atom is -0.496 e. The van der Waals surface area contributed by atoms with E-state index in [1.54, 1.807) is 19.2 Å². The molecule has 0 radical (unpaired) electrons. The van der Waals surface area contributed by atoms with E-state index >= 15 is 0 Å². The van der Waals surface area contributed by atoms with Gasteiger partial charge >= 0.3 is 0 Å². The molecule has 8 heteroatoms. The van der Waals surface area contributed by atoms with Crippen LogP contribution in [-0.2, 0) is 23.0 Å². The van der Waals surface area contributed by atoms with E-state index in [1.807, 2.05) is 31.2 Å². The zero-order valence-corrected chi connectivity index (χ0v) is 19.3. The van der Waals surface area contributed by atoms with Gasteiger partial charge in [-0.1, -0.05) is 29.8 Å². The van der Waals surface area contributed by atoms with Crippen LogP contribution >= 0.6 is 0 Å². The number of nitrogens with one attached hydrogen (secondary N) is 3. The monoisotopic (exact) mass is 444 g/mol. The lowest BCUT2D eigenvalue weighted by Crippen LogP contribution is -2.38. The third-order valence-corrected chi connectivity index (χ3v) is 6.56. The average molecular weight is 445 g/mol. The van der Waals surface area contributed by atoms with Gasteiger partial charge in [0.15, 0.2) is 5.96 Å². The largest absolute Gasteiger partial charge is 0.496 e. The van der Waals surface area contributed by atoms with Gasteiger partial charge in [0.25, 0.3) is 0 Å². The van der Waals surface area contributed by atoms with Crippen molar-refractivity contribution in [1.29, 1.82) is 0 Å². The van der Waals surface area contributed by atoms with Gasteiger partial charge in [0.2, 0.25) is 10.0 Å². The number of ether oxygens (including phenoxy) is 1. The Bertz CT molecular complexity index is 1000. The quantitative estimate of drug-likeness (QED) is 0.387. The Hall–Kier alpha value is -2.58. The van der Waals surface area contributed by atoms with Crippen molar-refractivity contribution in [2.45, 2.75) is 50.6 Å². The van der Waals surface area contributed by atoms with E-state index in [0.717, 1.165) is 55.2 Å². The second-order valence-corrected chi connectivity index (χ2v) is 9.44. The molecule has 0 heterocycles. The summed E-state index contributed by atoms with van der Waals surface area (Å²) in [5, 5.41) is 6.60. The third kappa shape index (κ3) is 6.97. The van der Waals surface area contributed by atoms with Gasteiger partial charge in [0.05, 0.1) is 18.6 Å². The molecule has 0 bridgehead atoms. The van der Waals surface area contributed by atoms with E-state index in [-0.39, 0.29) is 6.04 Å². The second-order valence-electron chi connectivity index (χ2n) is 7.73. The number of sulfonamides is 1. The van der Waals surface area contributed by atoms with Crippen LogP contribution in [0, 0.1) is 6.92 Å². The van der Waals surface area contributed by atoms with E-state index in [1.165, 1.54) is 5.56 Å². The molecule has 3 rings (SSSR count). The lowest BCUT2D eigenvalue weighted by atomic mass is 10.1. The highest BCUT2D eigenvalue weighted by atomic mass is 32.2. The molecule has 0 aliphatic heterocycles. The number of hydrogen-bond acceptors (Lipinski definition) is 4. The number of aryl methyl sites for hydroxylation is 1. The number of guanidine groups is 1. The average Bonchev–Trinajstić information content (AvgIpc) is 3.56. The second kappa shape index (κ2) is 10.6. The van der Waals surface area contributed by atoms with Gasteiger partial charge in [0, 0.05) is 19.1 Å². The van der Waals surface area contributed by atoms with Crippen LogP contribution in [0.25, 0.3) is 0 Å². The summed E-state index contributed by atoms with van der Waals surface area (Å²) in [6.45, 7) is 6.02. The molecule has 0 unspecified atom stereocenters. The van der Waals surface area contributed by atoms with Crippen LogP contribution in [-0.4, -0.2) is 40.6 Å². The van der Waals surface area contributed by atoms with E-state index in [2.05, 4.69) is 33.3 Å². The fourth-order valence-corrected chi connectivity index (χ4v) is 4.50. The Morgan fingerprint density at radius 2 is 1.87 bits per heavy atom. The molecule has 31 heavy (non-hydrogen) atoms. The Labute approximate surface area is 185 Å². The van der Waals surface area contributed by atoms with Crippen LogP contribution in [0.2, 0.25) is 0 Å². The maximum Gasteiger partial charge on any atom is 0.240 e. The smallest absolute Gasteiger partial charge is 0.240 e. The summed E-state index contributed by atoms with van der Waals surface area (Å²) < 4.78 is 32.7. The number of rotatable bonds is 10. The van der Waals surface area contributed by atoms with E-state index < -0.39 is 10.0 Å². The molecule has 1 saturated carbocycles. The van der Waals surface area contributed by atoms with Crippen molar-refractivity contribution in [1.82, 2.24) is 15.4 Å². The van der Waals surface area contributed by atoms with Crippen molar-refractivity contribution in [3.8, 4) is 5.75 Å². The van der Waals surface area contributed by atoms with Gasteiger partial charge in [-0.3, -0.25) is 0 Å². The number of methoxy groups -OCH3 is 1. The maximum atomic E-state index is 12.3. The highest BCUT2D eigenvalue weighted by Gasteiger charge is 2.27. The topological polar surface area (TPSA) is 91.8 Å². The third-order valence-electron chi connectivity index (χ3n) is 5.02. The molecule has 168 valence electrons. The van der Waals surface area contributed by atoms with Gasteiger partial charge in [-0.25, -0.2) is 18.1 Å². The maximum absolute atomic E-state index is 12.3. The first-order valence-corrected chi connectivity index (χ1v) is 12.2. The Balaban J connectivity index is 1.57. The summed E-state index contributed by atoms with van der Waals surface area (Å²) in [5.74, 6) is 1.61. The van der Waals surface area contributed by atoms with Crippen LogP contribution in [0.4, 0.5) is 0 Å². The van der Waals surface area contributed by atoms with Crippen LogP contribution < -0.4 is 20.1 Å². The summed E-state index contributed by atoms with van der Waals surface area (Å²) in [7, 11) is -1.74. The molecule has 7 nitrogen and oxygen atoms in total. The van der Waals surface area contributed by atoms with E-state index in [4.69, 9.17) is 4.74 Å². The highest BCUT2D eigenvalue weighted by Crippen LogP contribution is 2.22. The minimum atomic E-state index is -3.42. The van der Waals surface area contributed by atoms with Crippen molar-refractivity contribution in [3.63, 3.8) is 0 Å². The highest BCUT2D eigenvalue weighted by molar-refractivity contribution is 7.89. The predicted octanol–water partition coefficient (Wildman–Crippen LogP) is 2.74. The summed E-state index contributed by atoms with van der Waals surface area (Å²) in [4.78, 5) is 4.92. The lowest BCUT2D eigenvalue weighted by Gasteiger charge is -2.13. The molecule has 0 aromatic heterocycles. The van der Waals surface area contributed by atoms with E-state index in [9.17, 15) is 8.42 Å². The SMILES string of the molecule is CCNC(=NCc1ccc(S(=O)(=O)NC2CC2)cc1)NCCc1cc(C)ccc1OC. The molecular weight excluding hydrogens is 412 g/mol. The zero-order chi connectivity index (χ0) is 22.3. The molecule has 2 aromatic carbocycles.